The van der Waals surface area contributed by atoms with Gasteiger partial charge >= 0.3 is 0 Å². The standard InChI is InChI=1S/C20H28O3/c1-5-22-19-10-6-9-18(15(2)3)20(19)23-12-7-8-16(4)17-11-13-21-14-17/h6,9-11,13-16H,5,7-8,12H2,1-4H3. The molecule has 2 aromatic rings. The summed E-state index contributed by atoms with van der Waals surface area (Å²) in [4.78, 5) is 0. The van der Waals surface area contributed by atoms with Gasteiger partial charge in [0.15, 0.2) is 11.5 Å². The summed E-state index contributed by atoms with van der Waals surface area (Å²) < 4.78 is 17.0. The number of benzene rings is 1. The maximum Gasteiger partial charge on any atom is 0.164 e. The van der Waals surface area contributed by atoms with Crippen molar-refractivity contribution < 1.29 is 13.9 Å². The SMILES string of the molecule is CCOc1cccc(C(C)C)c1OCCCC(C)c1ccoc1. The topological polar surface area (TPSA) is 31.6 Å². The number of furan rings is 1. The smallest absolute Gasteiger partial charge is 0.164 e. The monoisotopic (exact) mass is 316 g/mol. The molecule has 0 aliphatic heterocycles. The van der Waals surface area contributed by atoms with Gasteiger partial charge in [-0.3, -0.25) is 0 Å². The van der Waals surface area contributed by atoms with E-state index in [1.807, 2.05) is 31.4 Å². The van der Waals surface area contributed by atoms with Gasteiger partial charge in [0.05, 0.1) is 25.7 Å². The maximum absolute atomic E-state index is 6.10. The second-order valence-corrected chi connectivity index (χ2v) is 6.21. The average Bonchev–Trinajstić information content (AvgIpc) is 3.06. The van der Waals surface area contributed by atoms with Gasteiger partial charge in [-0.25, -0.2) is 0 Å². The van der Waals surface area contributed by atoms with Crippen LogP contribution in [0.5, 0.6) is 11.5 Å². The quantitative estimate of drug-likeness (QED) is 0.551. The number of rotatable bonds is 9. The lowest BCUT2D eigenvalue weighted by Crippen LogP contribution is -2.05. The highest BCUT2D eigenvalue weighted by Crippen LogP contribution is 2.36. The summed E-state index contributed by atoms with van der Waals surface area (Å²) in [7, 11) is 0. The molecule has 0 spiro atoms. The molecule has 1 aromatic heterocycles. The highest BCUT2D eigenvalue weighted by Gasteiger charge is 2.14. The molecule has 1 atom stereocenters. The van der Waals surface area contributed by atoms with Crippen LogP contribution in [0.4, 0.5) is 0 Å². The van der Waals surface area contributed by atoms with Crippen LogP contribution in [0.25, 0.3) is 0 Å². The molecule has 3 heteroatoms. The Morgan fingerprint density at radius 2 is 1.91 bits per heavy atom. The van der Waals surface area contributed by atoms with Gasteiger partial charge < -0.3 is 13.9 Å². The van der Waals surface area contributed by atoms with E-state index in [0.717, 1.165) is 24.3 Å². The minimum absolute atomic E-state index is 0.412. The van der Waals surface area contributed by atoms with E-state index in [9.17, 15) is 0 Å². The number of hydrogen-bond donors (Lipinski definition) is 0. The Hall–Kier alpha value is -1.90. The summed E-state index contributed by atoms with van der Waals surface area (Å²) in [6.45, 7) is 9.93. The fraction of sp³-hybridized carbons (Fsp3) is 0.500. The van der Waals surface area contributed by atoms with E-state index >= 15 is 0 Å². The molecule has 0 bridgehead atoms. The third kappa shape index (κ3) is 4.78. The summed E-state index contributed by atoms with van der Waals surface area (Å²) in [5.41, 5.74) is 2.46. The lowest BCUT2D eigenvalue weighted by Gasteiger charge is -2.18. The molecule has 1 unspecified atom stereocenters. The molecule has 3 nitrogen and oxygen atoms in total. The van der Waals surface area contributed by atoms with Crippen molar-refractivity contribution in [2.45, 2.75) is 52.4 Å². The second-order valence-electron chi connectivity index (χ2n) is 6.21. The normalized spacial score (nSPS) is 12.4. The van der Waals surface area contributed by atoms with Crippen LogP contribution in [-0.2, 0) is 0 Å². The Morgan fingerprint density at radius 3 is 2.57 bits per heavy atom. The van der Waals surface area contributed by atoms with Gasteiger partial charge in [0, 0.05) is 5.56 Å². The average molecular weight is 316 g/mol. The van der Waals surface area contributed by atoms with E-state index in [4.69, 9.17) is 13.9 Å². The Morgan fingerprint density at radius 1 is 1.09 bits per heavy atom. The zero-order valence-electron chi connectivity index (χ0n) is 14.7. The molecule has 0 radical (unpaired) electrons. The molecule has 1 aromatic carbocycles. The molecule has 1 heterocycles. The van der Waals surface area contributed by atoms with Gasteiger partial charge in [-0.1, -0.05) is 32.9 Å². The first-order chi connectivity index (χ1) is 11.1. The summed E-state index contributed by atoms with van der Waals surface area (Å²) in [6, 6.07) is 8.18. The van der Waals surface area contributed by atoms with Gasteiger partial charge in [-0.15, -0.1) is 0 Å². The van der Waals surface area contributed by atoms with Crippen LogP contribution in [0, 0.1) is 0 Å². The van der Waals surface area contributed by atoms with Gasteiger partial charge in [-0.05, 0) is 49.3 Å². The second kappa shape index (κ2) is 8.66. The molecule has 0 N–H and O–H groups in total. The molecule has 0 amide bonds. The van der Waals surface area contributed by atoms with E-state index in [-0.39, 0.29) is 0 Å². The van der Waals surface area contributed by atoms with Crippen molar-refractivity contribution in [3.05, 3.63) is 47.9 Å². The first kappa shape index (κ1) is 17.5. The van der Waals surface area contributed by atoms with Gasteiger partial charge in [0.25, 0.3) is 0 Å². The minimum Gasteiger partial charge on any atom is -0.490 e. The highest BCUT2D eigenvalue weighted by atomic mass is 16.5. The largest absolute Gasteiger partial charge is 0.490 e. The van der Waals surface area contributed by atoms with Crippen LogP contribution in [0.15, 0.2) is 41.2 Å². The Labute approximate surface area is 139 Å². The number of para-hydroxylation sites is 1. The fourth-order valence-electron chi connectivity index (χ4n) is 2.70. The van der Waals surface area contributed by atoms with Gasteiger partial charge in [0.1, 0.15) is 0 Å². The zero-order chi connectivity index (χ0) is 16.7. The van der Waals surface area contributed by atoms with Crippen LogP contribution >= 0.6 is 0 Å². The Balaban J connectivity index is 1.94. The van der Waals surface area contributed by atoms with Crippen molar-refractivity contribution in [3.8, 4) is 11.5 Å². The molecule has 0 fully saturated rings. The van der Waals surface area contributed by atoms with Crippen LogP contribution in [0.1, 0.15) is 63.5 Å². The van der Waals surface area contributed by atoms with E-state index in [1.54, 1.807) is 6.26 Å². The van der Waals surface area contributed by atoms with Crippen LogP contribution in [0.3, 0.4) is 0 Å². The van der Waals surface area contributed by atoms with E-state index < -0.39 is 0 Å². The molecule has 0 aliphatic carbocycles. The van der Waals surface area contributed by atoms with Crippen molar-refractivity contribution in [3.63, 3.8) is 0 Å². The molecule has 0 saturated carbocycles. The summed E-state index contributed by atoms with van der Waals surface area (Å²) >= 11 is 0. The van der Waals surface area contributed by atoms with Crippen molar-refractivity contribution >= 4 is 0 Å². The maximum atomic E-state index is 6.10. The Bertz CT molecular complexity index is 573. The van der Waals surface area contributed by atoms with Crippen LogP contribution in [0.2, 0.25) is 0 Å². The number of ether oxygens (including phenoxy) is 2. The first-order valence-corrected chi connectivity index (χ1v) is 8.54. The molecular formula is C20H28O3. The third-order valence-corrected chi connectivity index (χ3v) is 4.07. The van der Waals surface area contributed by atoms with Gasteiger partial charge in [0.2, 0.25) is 0 Å². The van der Waals surface area contributed by atoms with E-state index in [0.29, 0.717) is 25.0 Å². The van der Waals surface area contributed by atoms with Crippen molar-refractivity contribution in [1.29, 1.82) is 0 Å². The van der Waals surface area contributed by atoms with Crippen LogP contribution in [-0.4, -0.2) is 13.2 Å². The fourth-order valence-corrected chi connectivity index (χ4v) is 2.70. The minimum atomic E-state index is 0.412. The van der Waals surface area contributed by atoms with Crippen LogP contribution < -0.4 is 9.47 Å². The number of hydrogen-bond acceptors (Lipinski definition) is 3. The highest BCUT2D eigenvalue weighted by molar-refractivity contribution is 5.48. The molecule has 126 valence electrons. The molecule has 0 aliphatic rings. The predicted octanol–water partition coefficient (Wildman–Crippen LogP) is 5.76. The molecule has 0 saturated heterocycles. The first-order valence-electron chi connectivity index (χ1n) is 8.54. The molecular weight excluding hydrogens is 288 g/mol. The van der Waals surface area contributed by atoms with E-state index in [1.165, 1.54) is 11.1 Å². The van der Waals surface area contributed by atoms with Crippen molar-refractivity contribution in [1.82, 2.24) is 0 Å². The summed E-state index contributed by atoms with van der Waals surface area (Å²) in [5, 5.41) is 0. The predicted molar refractivity (Wildman–Crippen MR) is 93.6 cm³/mol. The van der Waals surface area contributed by atoms with Gasteiger partial charge in [-0.2, -0.15) is 0 Å². The van der Waals surface area contributed by atoms with Crippen molar-refractivity contribution in [2.75, 3.05) is 13.2 Å². The lowest BCUT2D eigenvalue weighted by atomic mass is 9.99. The third-order valence-electron chi connectivity index (χ3n) is 4.07. The molecule has 2 rings (SSSR count). The zero-order valence-corrected chi connectivity index (χ0v) is 14.7. The summed E-state index contributed by atoms with van der Waals surface area (Å²) in [6.07, 6.45) is 5.64. The molecule has 23 heavy (non-hydrogen) atoms. The lowest BCUT2D eigenvalue weighted by molar-refractivity contribution is 0.266. The Kier molecular flexibility index (Phi) is 6.57. The van der Waals surface area contributed by atoms with E-state index in [2.05, 4.69) is 26.8 Å². The summed E-state index contributed by atoms with van der Waals surface area (Å²) in [5.74, 6) is 2.65. The van der Waals surface area contributed by atoms with Crippen molar-refractivity contribution in [2.24, 2.45) is 0 Å².